The van der Waals surface area contributed by atoms with E-state index in [4.69, 9.17) is 4.74 Å². The number of nitrogens with one attached hydrogen (secondary N) is 1. The molecule has 1 N–H and O–H groups in total. The lowest BCUT2D eigenvalue weighted by atomic mass is 9.95. The lowest BCUT2D eigenvalue weighted by Gasteiger charge is -2.43. The van der Waals surface area contributed by atoms with Gasteiger partial charge in [0.05, 0.1) is 6.07 Å². The number of carbonyl (C=O) groups excluding carboxylic acids is 1. The van der Waals surface area contributed by atoms with Crippen molar-refractivity contribution >= 4 is 6.09 Å². The first-order valence-electron chi connectivity index (χ1n) is 6.90. The summed E-state index contributed by atoms with van der Waals surface area (Å²) in [6.07, 6.45) is 1.98. The second kappa shape index (κ2) is 4.68. The van der Waals surface area contributed by atoms with Gasteiger partial charge in [0, 0.05) is 19.1 Å². The van der Waals surface area contributed by atoms with E-state index in [-0.39, 0.29) is 12.1 Å². The maximum Gasteiger partial charge on any atom is 0.410 e. The van der Waals surface area contributed by atoms with Gasteiger partial charge in [-0.15, -0.1) is 0 Å². The Morgan fingerprint density at radius 3 is 2.32 bits per heavy atom. The van der Waals surface area contributed by atoms with Crippen LogP contribution in [0.3, 0.4) is 0 Å². The topological polar surface area (TPSA) is 65.4 Å². The molecule has 2 rings (SSSR count). The monoisotopic (exact) mass is 265 g/mol. The molecule has 0 aromatic heterocycles. The fourth-order valence-corrected chi connectivity index (χ4v) is 2.37. The number of ether oxygens (including phenoxy) is 1. The van der Waals surface area contributed by atoms with Crippen molar-refractivity contribution in [2.45, 2.75) is 57.7 Å². The zero-order chi connectivity index (χ0) is 14.3. The average Bonchev–Trinajstić information content (AvgIpc) is 3.03. The van der Waals surface area contributed by atoms with E-state index in [9.17, 15) is 10.1 Å². The maximum absolute atomic E-state index is 11.8. The molecule has 106 valence electrons. The van der Waals surface area contributed by atoms with E-state index in [1.807, 2.05) is 27.7 Å². The lowest BCUT2D eigenvalue weighted by molar-refractivity contribution is 0.00279. The third kappa shape index (κ3) is 3.38. The molecule has 1 saturated carbocycles. The van der Waals surface area contributed by atoms with E-state index in [0.717, 1.165) is 12.8 Å². The third-order valence-corrected chi connectivity index (χ3v) is 3.66. The predicted molar refractivity (Wildman–Crippen MR) is 71.5 cm³/mol. The standard InChI is InChI=1S/C14H23N3O2/c1-13(2,3)19-12(18)17-7-11(8-17)16-14(4,9-15)10-5-6-10/h10-11,16H,5-8H2,1-4H3. The Morgan fingerprint density at radius 1 is 1.32 bits per heavy atom. The molecule has 1 amide bonds. The number of amides is 1. The minimum atomic E-state index is -0.454. The second-order valence-electron chi connectivity index (χ2n) is 6.82. The minimum absolute atomic E-state index is 0.206. The number of carbonyl (C=O) groups is 1. The molecule has 19 heavy (non-hydrogen) atoms. The van der Waals surface area contributed by atoms with Gasteiger partial charge in [-0.3, -0.25) is 5.32 Å². The Kier molecular flexibility index (Phi) is 3.48. The van der Waals surface area contributed by atoms with Crippen LogP contribution in [-0.4, -0.2) is 41.3 Å². The van der Waals surface area contributed by atoms with Crippen molar-refractivity contribution in [2.75, 3.05) is 13.1 Å². The van der Waals surface area contributed by atoms with Crippen LogP contribution in [0.25, 0.3) is 0 Å². The number of nitrogens with zero attached hydrogens (tertiary/aromatic N) is 2. The molecule has 5 heteroatoms. The Labute approximate surface area is 114 Å². The predicted octanol–water partition coefficient (Wildman–Crippen LogP) is 1.89. The summed E-state index contributed by atoms with van der Waals surface area (Å²) in [6, 6.07) is 2.58. The molecule has 1 unspecified atom stereocenters. The molecule has 1 aliphatic carbocycles. The first-order valence-corrected chi connectivity index (χ1v) is 6.90. The largest absolute Gasteiger partial charge is 0.444 e. The summed E-state index contributed by atoms with van der Waals surface area (Å²) in [5.74, 6) is 0.466. The number of likely N-dealkylation sites (tertiary alicyclic amines) is 1. The van der Waals surface area contributed by atoms with Crippen LogP contribution in [0.2, 0.25) is 0 Å². The van der Waals surface area contributed by atoms with Crippen molar-refractivity contribution in [3.05, 3.63) is 0 Å². The summed E-state index contributed by atoms with van der Waals surface area (Å²) in [5, 5.41) is 12.7. The molecular weight excluding hydrogens is 242 g/mol. The molecule has 0 aromatic carbocycles. The fraction of sp³-hybridized carbons (Fsp3) is 0.857. The molecule has 1 aliphatic heterocycles. The zero-order valence-corrected chi connectivity index (χ0v) is 12.2. The highest BCUT2D eigenvalue weighted by atomic mass is 16.6. The van der Waals surface area contributed by atoms with Gasteiger partial charge in [-0.1, -0.05) is 0 Å². The lowest BCUT2D eigenvalue weighted by Crippen LogP contribution is -2.65. The minimum Gasteiger partial charge on any atom is -0.444 e. The quantitative estimate of drug-likeness (QED) is 0.846. The molecule has 1 atom stereocenters. The molecule has 0 bridgehead atoms. The van der Waals surface area contributed by atoms with Gasteiger partial charge in [0.15, 0.2) is 0 Å². The van der Waals surface area contributed by atoms with Crippen molar-refractivity contribution in [2.24, 2.45) is 5.92 Å². The molecule has 2 fully saturated rings. The Bertz CT molecular complexity index is 400. The van der Waals surface area contributed by atoms with Crippen LogP contribution in [0, 0.1) is 17.2 Å². The molecule has 0 spiro atoms. The second-order valence-corrected chi connectivity index (χ2v) is 6.82. The van der Waals surface area contributed by atoms with Crippen LogP contribution < -0.4 is 5.32 Å². The summed E-state index contributed by atoms with van der Waals surface area (Å²) in [4.78, 5) is 13.5. The van der Waals surface area contributed by atoms with Gasteiger partial charge in [-0.25, -0.2) is 4.79 Å². The Hall–Kier alpha value is -1.28. The molecular formula is C14H23N3O2. The normalized spacial score (nSPS) is 23.2. The number of hydrogen-bond acceptors (Lipinski definition) is 4. The van der Waals surface area contributed by atoms with E-state index in [2.05, 4.69) is 11.4 Å². The molecule has 0 radical (unpaired) electrons. The third-order valence-electron chi connectivity index (χ3n) is 3.66. The van der Waals surface area contributed by atoms with Gasteiger partial charge in [0.1, 0.15) is 11.1 Å². The summed E-state index contributed by atoms with van der Waals surface area (Å²) < 4.78 is 5.30. The SMILES string of the molecule is CC(C)(C)OC(=O)N1CC(NC(C)(C#N)C2CC2)C1. The Balaban J connectivity index is 1.77. The van der Waals surface area contributed by atoms with Gasteiger partial charge in [0.2, 0.25) is 0 Å². The Morgan fingerprint density at radius 2 is 1.89 bits per heavy atom. The van der Waals surface area contributed by atoms with Gasteiger partial charge in [-0.05, 0) is 46.5 Å². The first kappa shape index (κ1) is 14.1. The number of hydrogen-bond donors (Lipinski definition) is 1. The van der Waals surface area contributed by atoms with Gasteiger partial charge in [0.25, 0.3) is 0 Å². The van der Waals surface area contributed by atoms with Gasteiger partial charge >= 0.3 is 6.09 Å². The van der Waals surface area contributed by atoms with Crippen LogP contribution in [-0.2, 0) is 4.74 Å². The first-order chi connectivity index (χ1) is 8.73. The van der Waals surface area contributed by atoms with Crippen molar-refractivity contribution < 1.29 is 9.53 Å². The summed E-state index contributed by atoms with van der Waals surface area (Å²) in [7, 11) is 0. The fourth-order valence-electron chi connectivity index (χ4n) is 2.37. The van der Waals surface area contributed by atoms with E-state index in [1.54, 1.807) is 4.90 Å². The van der Waals surface area contributed by atoms with Gasteiger partial charge in [-0.2, -0.15) is 5.26 Å². The number of nitriles is 1. The molecule has 1 heterocycles. The maximum atomic E-state index is 11.8. The van der Waals surface area contributed by atoms with Crippen molar-refractivity contribution in [3.63, 3.8) is 0 Å². The van der Waals surface area contributed by atoms with Crippen molar-refractivity contribution in [3.8, 4) is 6.07 Å². The van der Waals surface area contributed by atoms with E-state index < -0.39 is 11.1 Å². The highest BCUT2D eigenvalue weighted by molar-refractivity contribution is 5.69. The summed E-state index contributed by atoms with van der Waals surface area (Å²) >= 11 is 0. The average molecular weight is 265 g/mol. The highest BCUT2D eigenvalue weighted by Gasteiger charge is 2.45. The van der Waals surface area contributed by atoms with Crippen LogP contribution >= 0.6 is 0 Å². The molecule has 2 aliphatic rings. The van der Waals surface area contributed by atoms with E-state index in [0.29, 0.717) is 19.0 Å². The summed E-state index contributed by atoms with van der Waals surface area (Å²) in [5.41, 5.74) is -0.893. The zero-order valence-electron chi connectivity index (χ0n) is 12.2. The van der Waals surface area contributed by atoms with Crippen LogP contribution in [0.5, 0.6) is 0 Å². The van der Waals surface area contributed by atoms with E-state index >= 15 is 0 Å². The molecule has 1 saturated heterocycles. The van der Waals surface area contributed by atoms with Crippen molar-refractivity contribution in [1.82, 2.24) is 10.2 Å². The number of rotatable bonds is 3. The van der Waals surface area contributed by atoms with Crippen LogP contribution in [0.15, 0.2) is 0 Å². The molecule has 0 aromatic rings. The van der Waals surface area contributed by atoms with Crippen molar-refractivity contribution in [1.29, 1.82) is 5.26 Å². The highest BCUT2D eigenvalue weighted by Crippen LogP contribution is 2.39. The van der Waals surface area contributed by atoms with E-state index in [1.165, 1.54) is 0 Å². The van der Waals surface area contributed by atoms with Crippen LogP contribution in [0.1, 0.15) is 40.5 Å². The van der Waals surface area contributed by atoms with Crippen LogP contribution in [0.4, 0.5) is 4.79 Å². The summed E-state index contributed by atoms with van der Waals surface area (Å²) in [6.45, 7) is 8.79. The molecule has 5 nitrogen and oxygen atoms in total. The smallest absolute Gasteiger partial charge is 0.410 e. The van der Waals surface area contributed by atoms with Gasteiger partial charge < -0.3 is 9.64 Å².